The van der Waals surface area contributed by atoms with Crippen LogP contribution in [0.15, 0.2) is 54.7 Å². The highest BCUT2D eigenvalue weighted by Crippen LogP contribution is 2.22. The average Bonchev–Trinajstić information content (AvgIpc) is 2.97. The smallest absolute Gasteiger partial charge is 0.412 e. The van der Waals surface area contributed by atoms with Gasteiger partial charge in [0.1, 0.15) is 23.8 Å². The van der Waals surface area contributed by atoms with E-state index >= 15 is 0 Å². The number of hydrogen-bond acceptors (Lipinski definition) is 7. The third kappa shape index (κ3) is 11.6. The van der Waals surface area contributed by atoms with Crippen molar-refractivity contribution in [2.24, 2.45) is 0 Å². The molecule has 0 saturated heterocycles. The molecule has 0 fully saturated rings. The van der Waals surface area contributed by atoms with Gasteiger partial charge in [-0.2, -0.15) is 0 Å². The number of fused-ring (bicyclic) bond motifs is 1. The topological polar surface area (TPSA) is 122 Å². The van der Waals surface area contributed by atoms with Gasteiger partial charge in [-0.05, 0) is 69.7 Å². The van der Waals surface area contributed by atoms with Crippen LogP contribution < -0.4 is 16.0 Å². The predicted molar refractivity (Wildman–Crippen MR) is 169 cm³/mol. The lowest BCUT2D eigenvalue weighted by molar-refractivity contribution is -0.132. The normalized spacial score (nSPS) is 12.0. The van der Waals surface area contributed by atoms with Crippen molar-refractivity contribution >= 4 is 46.3 Å². The van der Waals surface area contributed by atoms with Crippen LogP contribution in [0, 0.1) is 5.82 Å². The SMILES string of the molecule is CN(C(=O)CCc1cccc(F)c1Cl)[C@@H](CCCNCCNC(=O)OC(C)(C)C)COC(=O)Nc1cc2ccccc2cn1. The number of likely N-dealkylation sites (N-methyl/N-ethyl adjacent to an activating group) is 1. The molecular formula is C32H41ClFN5O5. The lowest BCUT2D eigenvalue weighted by Crippen LogP contribution is -2.41. The van der Waals surface area contributed by atoms with Crippen LogP contribution in [0.4, 0.5) is 19.8 Å². The van der Waals surface area contributed by atoms with Crippen molar-refractivity contribution in [3.63, 3.8) is 0 Å². The monoisotopic (exact) mass is 629 g/mol. The highest BCUT2D eigenvalue weighted by Gasteiger charge is 2.22. The average molecular weight is 630 g/mol. The number of amides is 3. The molecular weight excluding hydrogens is 589 g/mol. The van der Waals surface area contributed by atoms with Crippen molar-refractivity contribution in [3.05, 3.63) is 71.1 Å². The molecule has 2 aromatic carbocycles. The van der Waals surface area contributed by atoms with Crippen LogP contribution in [0.5, 0.6) is 0 Å². The number of anilines is 1. The number of aryl methyl sites for hydroxylation is 1. The molecule has 0 bridgehead atoms. The van der Waals surface area contributed by atoms with Gasteiger partial charge < -0.3 is 25.0 Å². The number of hydrogen-bond donors (Lipinski definition) is 3. The summed E-state index contributed by atoms with van der Waals surface area (Å²) in [5, 5.41) is 10.5. The van der Waals surface area contributed by atoms with Gasteiger partial charge >= 0.3 is 12.2 Å². The second kappa shape index (κ2) is 16.8. The van der Waals surface area contributed by atoms with Crippen molar-refractivity contribution < 1.29 is 28.2 Å². The zero-order chi connectivity index (χ0) is 32.1. The Morgan fingerprint density at radius 2 is 1.77 bits per heavy atom. The summed E-state index contributed by atoms with van der Waals surface area (Å²) < 4.78 is 24.6. The Morgan fingerprint density at radius 3 is 2.52 bits per heavy atom. The summed E-state index contributed by atoms with van der Waals surface area (Å²) in [7, 11) is 1.66. The number of ether oxygens (including phenoxy) is 2. The summed E-state index contributed by atoms with van der Waals surface area (Å²) in [5.41, 5.74) is -0.0162. The van der Waals surface area contributed by atoms with Gasteiger partial charge in [0.05, 0.1) is 11.1 Å². The summed E-state index contributed by atoms with van der Waals surface area (Å²) in [4.78, 5) is 43.3. The Hall–Kier alpha value is -3.96. The fourth-order valence-corrected chi connectivity index (χ4v) is 4.59. The quantitative estimate of drug-likeness (QED) is 0.189. The molecule has 0 unspecified atom stereocenters. The molecule has 0 aliphatic carbocycles. The molecule has 0 radical (unpaired) electrons. The van der Waals surface area contributed by atoms with Gasteiger partial charge in [0.15, 0.2) is 0 Å². The number of carbonyl (C=O) groups excluding carboxylic acids is 3. The number of nitrogens with one attached hydrogen (secondary N) is 3. The number of benzene rings is 2. The molecule has 10 nitrogen and oxygen atoms in total. The third-order valence-electron chi connectivity index (χ3n) is 6.71. The van der Waals surface area contributed by atoms with E-state index in [1.165, 1.54) is 6.07 Å². The first kappa shape index (κ1) is 34.5. The molecule has 3 rings (SSSR count). The van der Waals surface area contributed by atoms with Gasteiger partial charge in [0.2, 0.25) is 5.91 Å². The molecule has 1 atom stereocenters. The molecule has 3 N–H and O–H groups in total. The number of aromatic nitrogens is 1. The molecule has 1 aromatic heterocycles. The second-order valence-electron chi connectivity index (χ2n) is 11.3. The lowest BCUT2D eigenvalue weighted by Gasteiger charge is -2.28. The Bertz CT molecular complexity index is 1420. The minimum atomic E-state index is -0.684. The Balaban J connectivity index is 1.52. The van der Waals surface area contributed by atoms with Gasteiger partial charge in [0, 0.05) is 38.1 Å². The molecule has 0 aliphatic rings. The fraction of sp³-hybridized carbons (Fsp3) is 0.438. The summed E-state index contributed by atoms with van der Waals surface area (Å²) >= 11 is 6.06. The van der Waals surface area contributed by atoms with Crippen LogP contribution in [0.2, 0.25) is 5.02 Å². The van der Waals surface area contributed by atoms with Crippen LogP contribution in [0.25, 0.3) is 10.8 Å². The predicted octanol–water partition coefficient (Wildman–Crippen LogP) is 5.93. The van der Waals surface area contributed by atoms with Crippen molar-refractivity contribution in [1.82, 2.24) is 20.5 Å². The zero-order valence-corrected chi connectivity index (χ0v) is 26.4. The molecule has 1 heterocycles. The molecule has 238 valence electrons. The van der Waals surface area contributed by atoms with Gasteiger partial charge in [0.25, 0.3) is 0 Å². The van der Waals surface area contributed by atoms with Crippen molar-refractivity contribution in [2.45, 2.75) is 58.1 Å². The summed E-state index contributed by atoms with van der Waals surface area (Å²) in [6, 6.07) is 13.5. The van der Waals surface area contributed by atoms with E-state index in [1.807, 2.05) is 24.3 Å². The van der Waals surface area contributed by atoms with Gasteiger partial charge in [-0.15, -0.1) is 0 Å². The number of rotatable bonds is 14. The van der Waals surface area contributed by atoms with Crippen molar-refractivity contribution in [2.75, 3.05) is 38.6 Å². The van der Waals surface area contributed by atoms with Gasteiger partial charge in [-0.1, -0.05) is 48.0 Å². The van der Waals surface area contributed by atoms with Crippen LogP contribution in [0.1, 0.15) is 45.6 Å². The number of halogens is 2. The lowest BCUT2D eigenvalue weighted by atomic mass is 10.1. The number of nitrogens with zero attached hydrogens (tertiary/aromatic N) is 2. The van der Waals surface area contributed by atoms with Crippen molar-refractivity contribution in [3.8, 4) is 0 Å². The minimum absolute atomic E-state index is 0.00837. The standard InChI is InChI=1S/C32H41ClFN5O5/c1-32(2,3)44-30(41)36-18-17-35-16-8-12-25(39(4)28(40)15-14-22-11-7-13-26(34)29(22)33)21-43-31(42)38-27-19-23-9-5-6-10-24(23)20-37-27/h5-7,9-11,13,19-20,25,35H,8,12,14-18,21H2,1-4H3,(H,36,41)(H,37,38,42)/t25-/m0/s1. The van der Waals surface area contributed by atoms with Crippen LogP contribution >= 0.6 is 11.6 Å². The highest BCUT2D eigenvalue weighted by atomic mass is 35.5. The number of alkyl carbamates (subject to hydrolysis) is 1. The first-order valence-electron chi connectivity index (χ1n) is 14.6. The molecule has 0 saturated carbocycles. The molecule has 3 aromatic rings. The number of pyridine rings is 1. The molecule has 3 amide bonds. The summed E-state index contributed by atoms with van der Waals surface area (Å²) in [5.74, 6) is -0.368. The Kier molecular flexibility index (Phi) is 13.2. The van der Waals surface area contributed by atoms with Crippen LogP contribution in [0.3, 0.4) is 0 Å². The van der Waals surface area contributed by atoms with E-state index in [9.17, 15) is 18.8 Å². The molecule has 0 aliphatic heterocycles. The van der Waals surface area contributed by atoms with E-state index in [2.05, 4.69) is 20.9 Å². The maximum Gasteiger partial charge on any atom is 0.412 e. The van der Waals surface area contributed by atoms with Gasteiger partial charge in [-0.25, -0.2) is 19.0 Å². The van der Waals surface area contributed by atoms with E-state index in [1.54, 1.807) is 57.1 Å². The zero-order valence-electron chi connectivity index (χ0n) is 25.6. The number of carbonyl (C=O) groups is 3. The van der Waals surface area contributed by atoms with E-state index < -0.39 is 29.6 Å². The van der Waals surface area contributed by atoms with E-state index in [4.69, 9.17) is 21.1 Å². The molecule has 44 heavy (non-hydrogen) atoms. The van der Waals surface area contributed by atoms with E-state index in [-0.39, 0.29) is 30.4 Å². The fourth-order valence-electron chi connectivity index (χ4n) is 4.37. The van der Waals surface area contributed by atoms with E-state index in [0.29, 0.717) is 43.9 Å². The highest BCUT2D eigenvalue weighted by molar-refractivity contribution is 6.31. The second-order valence-corrected chi connectivity index (χ2v) is 11.7. The van der Waals surface area contributed by atoms with Crippen LogP contribution in [-0.2, 0) is 20.7 Å². The Morgan fingerprint density at radius 1 is 1.02 bits per heavy atom. The van der Waals surface area contributed by atoms with Crippen LogP contribution in [-0.4, -0.2) is 72.9 Å². The largest absolute Gasteiger partial charge is 0.447 e. The minimum Gasteiger partial charge on any atom is -0.447 e. The first-order valence-corrected chi connectivity index (χ1v) is 15.0. The molecule has 12 heteroatoms. The maximum atomic E-state index is 13.8. The first-order chi connectivity index (χ1) is 20.9. The van der Waals surface area contributed by atoms with E-state index in [0.717, 1.165) is 10.8 Å². The molecule has 0 spiro atoms. The summed E-state index contributed by atoms with van der Waals surface area (Å²) in [6.07, 6.45) is 2.09. The third-order valence-corrected chi connectivity index (χ3v) is 7.13. The summed E-state index contributed by atoms with van der Waals surface area (Å²) in [6.45, 7) is 6.90. The Labute approximate surface area is 262 Å². The van der Waals surface area contributed by atoms with Gasteiger partial charge in [-0.3, -0.25) is 10.1 Å². The maximum absolute atomic E-state index is 13.8. The van der Waals surface area contributed by atoms with Crippen molar-refractivity contribution in [1.29, 1.82) is 0 Å².